The molecule has 1 aromatic carbocycles. The van der Waals surface area contributed by atoms with Crippen LogP contribution in [0.15, 0.2) is 33.7 Å². The summed E-state index contributed by atoms with van der Waals surface area (Å²) in [5, 5.41) is 3.67. The Bertz CT molecular complexity index is 634. The topological polar surface area (TPSA) is 46.1 Å². The molecule has 1 unspecified atom stereocenters. The Morgan fingerprint density at radius 1 is 1.37 bits per heavy atom. The molecular formula is C21H32BrN3O2. The lowest BCUT2D eigenvalue weighted by Gasteiger charge is -2.43. The first kappa shape index (κ1) is 20.6. The number of guanidine groups is 1. The average molecular weight is 438 g/mol. The van der Waals surface area contributed by atoms with Gasteiger partial charge >= 0.3 is 0 Å². The van der Waals surface area contributed by atoms with E-state index < -0.39 is 0 Å². The molecule has 27 heavy (non-hydrogen) atoms. The molecule has 3 rings (SSSR count). The highest BCUT2D eigenvalue weighted by molar-refractivity contribution is 9.10. The lowest BCUT2D eigenvalue weighted by molar-refractivity contribution is 0.0536. The van der Waals surface area contributed by atoms with Crippen LogP contribution >= 0.6 is 15.9 Å². The van der Waals surface area contributed by atoms with Crippen LogP contribution in [0.2, 0.25) is 0 Å². The summed E-state index contributed by atoms with van der Waals surface area (Å²) in [6.07, 6.45) is 4.94. The second-order valence-corrected chi connectivity index (χ2v) is 8.63. The van der Waals surface area contributed by atoms with Crippen molar-refractivity contribution in [3.63, 3.8) is 0 Å². The second-order valence-electron chi connectivity index (χ2n) is 7.71. The van der Waals surface area contributed by atoms with E-state index in [1.165, 1.54) is 24.8 Å². The van der Waals surface area contributed by atoms with E-state index in [-0.39, 0.29) is 5.41 Å². The van der Waals surface area contributed by atoms with Gasteiger partial charge in [0.05, 0.1) is 19.8 Å². The molecule has 1 saturated carbocycles. The van der Waals surface area contributed by atoms with Crippen molar-refractivity contribution in [1.82, 2.24) is 10.2 Å². The summed E-state index contributed by atoms with van der Waals surface area (Å²) in [5.41, 5.74) is 1.67. The SMILES string of the molecule is CN=C(NCC1(c2cccc(Br)c2)CCC1)N1CCC(COCCOC)C1. The number of nitrogens with one attached hydrogen (secondary N) is 1. The second kappa shape index (κ2) is 9.89. The van der Waals surface area contributed by atoms with Gasteiger partial charge in [0.25, 0.3) is 0 Å². The predicted octanol–water partition coefficient (Wildman–Crippen LogP) is 3.43. The summed E-state index contributed by atoms with van der Waals surface area (Å²) >= 11 is 3.62. The number of methoxy groups -OCH3 is 1. The molecule has 0 amide bonds. The van der Waals surface area contributed by atoms with E-state index in [0.717, 1.165) is 43.1 Å². The molecule has 0 aromatic heterocycles. The number of ether oxygens (including phenoxy) is 2. The van der Waals surface area contributed by atoms with Gasteiger partial charge in [0.2, 0.25) is 0 Å². The van der Waals surface area contributed by atoms with Crippen molar-refractivity contribution in [1.29, 1.82) is 0 Å². The molecule has 1 aromatic rings. The molecule has 2 fully saturated rings. The summed E-state index contributed by atoms with van der Waals surface area (Å²) in [6.45, 7) is 5.14. The quantitative estimate of drug-likeness (QED) is 0.384. The van der Waals surface area contributed by atoms with Gasteiger partial charge in [-0.25, -0.2) is 0 Å². The van der Waals surface area contributed by atoms with Crippen molar-refractivity contribution in [3.8, 4) is 0 Å². The predicted molar refractivity (Wildman–Crippen MR) is 113 cm³/mol. The third-order valence-corrected chi connectivity index (χ3v) is 6.41. The minimum atomic E-state index is 0.238. The molecule has 1 atom stereocenters. The van der Waals surface area contributed by atoms with Crippen molar-refractivity contribution in [3.05, 3.63) is 34.3 Å². The summed E-state index contributed by atoms with van der Waals surface area (Å²) in [7, 11) is 3.59. The van der Waals surface area contributed by atoms with Crippen LogP contribution in [0.4, 0.5) is 0 Å². The van der Waals surface area contributed by atoms with Gasteiger partial charge in [-0.05, 0) is 37.0 Å². The summed E-state index contributed by atoms with van der Waals surface area (Å²) < 4.78 is 11.9. The van der Waals surface area contributed by atoms with Gasteiger partial charge in [-0.3, -0.25) is 4.99 Å². The highest BCUT2D eigenvalue weighted by Crippen LogP contribution is 2.43. The Balaban J connectivity index is 1.52. The van der Waals surface area contributed by atoms with Gasteiger partial charge in [-0.2, -0.15) is 0 Å². The van der Waals surface area contributed by atoms with Crippen LogP contribution in [0.1, 0.15) is 31.2 Å². The van der Waals surface area contributed by atoms with Gasteiger partial charge < -0.3 is 19.7 Å². The fraction of sp³-hybridized carbons (Fsp3) is 0.667. The van der Waals surface area contributed by atoms with Gasteiger partial charge in [0, 0.05) is 49.6 Å². The number of benzene rings is 1. The Labute approximate surface area is 171 Å². The molecule has 150 valence electrons. The van der Waals surface area contributed by atoms with Crippen LogP contribution in [0.25, 0.3) is 0 Å². The lowest BCUT2D eigenvalue weighted by atomic mass is 9.64. The smallest absolute Gasteiger partial charge is 0.193 e. The fourth-order valence-electron chi connectivity index (χ4n) is 4.12. The highest BCUT2D eigenvalue weighted by atomic mass is 79.9. The van der Waals surface area contributed by atoms with Crippen LogP contribution in [-0.4, -0.2) is 64.5 Å². The van der Waals surface area contributed by atoms with Crippen molar-refractivity contribution >= 4 is 21.9 Å². The van der Waals surface area contributed by atoms with Crippen LogP contribution in [0.5, 0.6) is 0 Å². The first-order valence-corrected chi connectivity index (χ1v) is 10.7. The Kier molecular flexibility index (Phi) is 7.56. The van der Waals surface area contributed by atoms with E-state index in [2.05, 4.69) is 55.4 Å². The molecule has 1 aliphatic carbocycles. The lowest BCUT2D eigenvalue weighted by Crippen LogP contribution is -2.49. The maximum Gasteiger partial charge on any atom is 0.193 e. The number of halogens is 1. The zero-order valence-corrected chi connectivity index (χ0v) is 18.1. The molecule has 0 radical (unpaired) electrons. The molecule has 0 bridgehead atoms. The molecular weight excluding hydrogens is 406 g/mol. The Hall–Kier alpha value is -1.11. The van der Waals surface area contributed by atoms with Crippen molar-refractivity contribution in [2.45, 2.75) is 31.1 Å². The zero-order chi connectivity index (χ0) is 19.1. The first-order valence-electron chi connectivity index (χ1n) is 9.95. The average Bonchev–Trinajstić information content (AvgIpc) is 3.10. The van der Waals surface area contributed by atoms with E-state index in [9.17, 15) is 0 Å². The van der Waals surface area contributed by atoms with Crippen LogP contribution in [-0.2, 0) is 14.9 Å². The normalized spacial score (nSPS) is 22.0. The molecule has 6 heteroatoms. The first-order chi connectivity index (χ1) is 13.2. The fourth-order valence-corrected chi connectivity index (χ4v) is 4.52. The van der Waals surface area contributed by atoms with E-state index >= 15 is 0 Å². The molecule has 0 spiro atoms. The molecule has 1 heterocycles. The van der Waals surface area contributed by atoms with Crippen LogP contribution in [0.3, 0.4) is 0 Å². The molecule has 5 nitrogen and oxygen atoms in total. The van der Waals surface area contributed by atoms with E-state index in [4.69, 9.17) is 9.47 Å². The number of likely N-dealkylation sites (tertiary alicyclic amines) is 1. The largest absolute Gasteiger partial charge is 0.382 e. The molecule has 1 N–H and O–H groups in total. The minimum absolute atomic E-state index is 0.238. The summed E-state index contributed by atoms with van der Waals surface area (Å²) in [6, 6.07) is 8.77. The Morgan fingerprint density at radius 3 is 2.89 bits per heavy atom. The summed E-state index contributed by atoms with van der Waals surface area (Å²) in [5.74, 6) is 1.60. The third-order valence-electron chi connectivity index (χ3n) is 5.92. The maximum absolute atomic E-state index is 5.71. The van der Waals surface area contributed by atoms with Crippen molar-refractivity contribution in [2.75, 3.05) is 53.6 Å². The van der Waals surface area contributed by atoms with Gasteiger partial charge in [0.15, 0.2) is 5.96 Å². The van der Waals surface area contributed by atoms with Gasteiger partial charge in [-0.1, -0.05) is 34.5 Å². The van der Waals surface area contributed by atoms with Crippen molar-refractivity contribution < 1.29 is 9.47 Å². The highest BCUT2D eigenvalue weighted by Gasteiger charge is 2.39. The standard InChI is InChI=1S/C21H32BrN3O2/c1-23-20(25-10-7-17(14-25)15-27-12-11-26-2)24-16-21(8-4-9-21)18-5-3-6-19(22)13-18/h3,5-6,13,17H,4,7-12,14-16H2,1-2H3,(H,23,24). The van der Waals surface area contributed by atoms with E-state index in [1.807, 2.05) is 7.05 Å². The van der Waals surface area contributed by atoms with Crippen LogP contribution in [0, 0.1) is 5.92 Å². The third kappa shape index (κ3) is 5.24. The minimum Gasteiger partial charge on any atom is -0.382 e. The van der Waals surface area contributed by atoms with Crippen molar-refractivity contribution in [2.24, 2.45) is 10.9 Å². The van der Waals surface area contributed by atoms with Gasteiger partial charge in [0.1, 0.15) is 0 Å². The van der Waals surface area contributed by atoms with Gasteiger partial charge in [-0.15, -0.1) is 0 Å². The Morgan fingerprint density at radius 2 is 2.22 bits per heavy atom. The number of nitrogens with zero attached hydrogens (tertiary/aromatic N) is 2. The monoisotopic (exact) mass is 437 g/mol. The number of aliphatic imine (C=N–C) groups is 1. The number of hydrogen-bond acceptors (Lipinski definition) is 3. The number of rotatable bonds is 8. The van der Waals surface area contributed by atoms with E-state index in [1.54, 1.807) is 7.11 Å². The zero-order valence-electron chi connectivity index (χ0n) is 16.5. The number of hydrogen-bond donors (Lipinski definition) is 1. The van der Waals surface area contributed by atoms with Crippen LogP contribution < -0.4 is 5.32 Å². The molecule has 1 saturated heterocycles. The molecule has 1 aliphatic heterocycles. The summed E-state index contributed by atoms with van der Waals surface area (Å²) in [4.78, 5) is 6.92. The van der Waals surface area contributed by atoms with E-state index in [0.29, 0.717) is 19.1 Å². The maximum atomic E-state index is 5.71. The molecule has 2 aliphatic rings.